The van der Waals surface area contributed by atoms with Crippen LogP contribution in [0.5, 0.6) is 5.75 Å². The van der Waals surface area contributed by atoms with Crippen LogP contribution in [0.1, 0.15) is 24.0 Å². The summed E-state index contributed by atoms with van der Waals surface area (Å²) in [5, 5.41) is 0. The second-order valence-corrected chi connectivity index (χ2v) is 5.64. The van der Waals surface area contributed by atoms with Gasteiger partial charge in [0.2, 0.25) is 0 Å². The summed E-state index contributed by atoms with van der Waals surface area (Å²) in [5.41, 5.74) is 8.44. The molecule has 1 atom stereocenters. The average Bonchev–Trinajstić information content (AvgIpc) is 2.48. The molecule has 0 aliphatic carbocycles. The number of para-hydroxylation sites is 1. The van der Waals surface area contributed by atoms with Gasteiger partial charge in [-0.15, -0.1) is 0 Å². The predicted molar refractivity (Wildman–Crippen MR) is 87.3 cm³/mol. The molecular weight excluding hydrogens is 314 g/mol. The Morgan fingerprint density at radius 1 is 1.10 bits per heavy atom. The fourth-order valence-corrected chi connectivity index (χ4v) is 2.57. The molecule has 0 aromatic heterocycles. The first-order chi connectivity index (χ1) is 9.74. The number of hydrogen-bond donors (Lipinski definition) is 1. The number of nitrogens with two attached hydrogens (primary N) is 1. The number of halogens is 1. The van der Waals surface area contributed by atoms with Gasteiger partial charge < -0.3 is 10.5 Å². The third kappa shape index (κ3) is 3.84. The fraction of sp³-hybridized carbons (Fsp3) is 0.294. The van der Waals surface area contributed by atoms with Crippen molar-refractivity contribution in [3.8, 4) is 5.75 Å². The second-order valence-electron chi connectivity index (χ2n) is 4.73. The summed E-state index contributed by atoms with van der Waals surface area (Å²) in [6.07, 6.45) is 0.897. The highest BCUT2D eigenvalue weighted by Gasteiger charge is 2.13. The first-order valence-corrected chi connectivity index (χ1v) is 7.70. The Bertz CT molecular complexity index is 539. The molecule has 2 aromatic rings. The van der Waals surface area contributed by atoms with Gasteiger partial charge in [-0.05, 0) is 49.2 Å². The van der Waals surface area contributed by atoms with Crippen molar-refractivity contribution in [3.63, 3.8) is 0 Å². The van der Waals surface area contributed by atoms with Crippen LogP contribution in [-0.2, 0) is 6.42 Å². The van der Waals surface area contributed by atoms with E-state index in [0.29, 0.717) is 19.1 Å². The Balaban J connectivity index is 2.20. The van der Waals surface area contributed by atoms with E-state index < -0.39 is 0 Å². The molecule has 0 amide bonds. The van der Waals surface area contributed by atoms with E-state index >= 15 is 0 Å². The molecule has 0 aliphatic rings. The zero-order valence-corrected chi connectivity index (χ0v) is 13.3. The van der Waals surface area contributed by atoms with Crippen LogP contribution in [0.25, 0.3) is 0 Å². The molecule has 0 saturated carbocycles. The maximum atomic E-state index is 5.96. The van der Waals surface area contributed by atoms with Crippen molar-refractivity contribution in [1.29, 1.82) is 0 Å². The van der Waals surface area contributed by atoms with E-state index in [1.54, 1.807) is 0 Å². The molecule has 0 heterocycles. The predicted octanol–water partition coefficient (Wildman–Crippen LogP) is 4.13. The monoisotopic (exact) mass is 333 g/mol. The Morgan fingerprint density at radius 3 is 2.45 bits per heavy atom. The molecule has 0 saturated heterocycles. The summed E-state index contributed by atoms with van der Waals surface area (Å²) in [4.78, 5) is 0. The lowest BCUT2D eigenvalue weighted by Crippen LogP contribution is -2.15. The molecule has 1 unspecified atom stereocenters. The van der Waals surface area contributed by atoms with Crippen molar-refractivity contribution in [3.05, 3.63) is 64.1 Å². The lowest BCUT2D eigenvalue weighted by Gasteiger charge is -2.17. The first-order valence-electron chi connectivity index (χ1n) is 6.90. The van der Waals surface area contributed by atoms with Gasteiger partial charge in [-0.2, -0.15) is 0 Å². The van der Waals surface area contributed by atoms with Crippen molar-refractivity contribution < 1.29 is 4.74 Å². The number of benzene rings is 2. The van der Waals surface area contributed by atoms with Gasteiger partial charge in [-0.3, -0.25) is 0 Å². The minimum Gasteiger partial charge on any atom is -0.494 e. The summed E-state index contributed by atoms with van der Waals surface area (Å²) in [6, 6.07) is 16.6. The molecule has 2 nitrogen and oxygen atoms in total. The smallest absolute Gasteiger partial charge is 0.122 e. The minimum absolute atomic E-state index is 0.310. The van der Waals surface area contributed by atoms with Gasteiger partial charge in [0.1, 0.15) is 5.75 Å². The largest absolute Gasteiger partial charge is 0.494 e. The standard InChI is InChI=1S/C17H20BrNO/c1-2-20-17-6-4-3-5-14(17)11-15(12-19)13-7-9-16(18)10-8-13/h3-10,15H,2,11-12,19H2,1H3. The van der Waals surface area contributed by atoms with Crippen LogP contribution in [0.3, 0.4) is 0 Å². The van der Waals surface area contributed by atoms with Crippen LogP contribution >= 0.6 is 15.9 Å². The summed E-state index contributed by atoms with van der Waals surface area (Å²) in [6.45, 7) is 3.32. The quantitative estimate of drug-likeness (QED) is 0.862. The summed E-state index contributed by atoms with van der Waals surface area (Å²) in [7, 11) is 0. The van der Waals surface area contributed by atoms with Gasteiger partial charge in [0.25, 0.3) is 0 Å². The lowest BCUT2D eigenvalue weighted by atomic mass is 9.92. The molecule has 0 bridgehead atoms. The molecule has 20 heavy (non-hydrogen) atoms. The third-order valence-corrected chi connectivity index (χ3v) is 3.89. The van der Waals surface area contributed by atoms with E-state index in [1.165, 1.54) is 11.1 Å². The minimum atomic E-state index is 0.310. The van der Waals surface area contributed by atoms with Crippen molar-refractivity contribution in [2.24, 2.45) is 5.73 Å². The highest BCUT2D eigenvalue weighted by Crippen LogP contribution is 2.27. The molecular formula is C17H20BrNO. The topological polar surface area (TPSA) is 35.2 Å². The highest BCUT2D eigenvalue weighted by atomic mass is 79.9. The molecule has 106 valence electrons. The average molecular weight is 334 g/mol. The summed E-state index contributed by atoms with van der Waals surface area (Å²) < 4.78 is 6.78. The van der Waals surface area contributed by atoms with E-state index in [0.717, 1.165) is 16.6 Å². The maximum Gasteiger partial charge on any atom is 0.122 e. The molecule has 0 spiro atoms. The Labute approximate surface area is 129 Å². The normalized spacial score (nSPS) is 12.2. The van der Waals surface area contributed by atoms with Crippen LogP contribution in [0.4, 0.5) is 0 Å². The highest BCUT2D eigenvalue weighted by molar-refractivity contribution is 9.10. The number of rotatable bonds is 6. The number of ether oxygens (including phenoxy) is 1. The first kappa shape index (κ1) is 15.1. The van der Waals surface area contributed by atoms with Crippen molar-refractivity contribution in [2.45, 2.75) is 19.3 Å². The van der Waals surface area contributed by atoms with E-state index in [2.05, 4.69) is 46.3 Å². The van der Waals surface area contributed by atoms with Gasteiger partial charge >= 0.3 is 0 Å². The van der Waals surface area contributed by atoms with Gasteiger partial charge in [-0.1, -0.05) is 46.3 Å². The second kappa shape index (κ2) is 7.46. The molecule has 3 heteroatoms. The van der Waals surface area contributed by atoms with Gasteiger partial charge in [-0.25, -0.2) is 0 Å². The van der Waals surface area contributed by atoms with E-state index in [1.807, 2.05) is 25.1 Å². The Morgan fingerprint density at radius 2 is 1.80 bits per heavy atom. The SMILES string of the molecule is CCOc1ccccc1CC(CN)c1ccc(Br)cc1. The molecule has 2 aromatic carbocycles. The molecule has 0 aliphatic heterocycles. The summed E-state index contributed by atoms with van der Waals surface area (Å²) in [5.74, 6) is 1.27. The molecule has 2 N–H and O–H groups in total. The van der Waals surface area contributed by atoms with E-state index in [-0.39, 0.29) is 0 Å². The summed E-state index contributed by atoms with van der Waals surface area (Å²) >= 11 is 3.46. The zero-order chi connectivity index (χ0) is 14.4. The zero-order valence-electron chi connectivity index (χ0n) is 11.7. The van der Waals surface area contributed by atoms with E-state index in [4.69, 9.17) is 10.5 Å². The lowest BCUT2D eigenvalue weighted by molar-refractivity contribution is 0.335. The Kier molecular flexibility index (Phi) is 5.62. The van der Waals surface area contributed by atoms with Gasteiger partial charge in [0.05, 0.1) is 6.61 Å². The molecule has 2 rings (SSSR count). The van der Waals surface area contributed by atoms with Crippen molar-refractivity contribution in [2.75, 3.05) is 13.2 Å². The van der Waals surface area contributed by atoms with Gasteiger partial charge in [0.15, 0.2) is 0 Å². The fourth-order valence-electron chi connectivity index (χ4n) is 2.31. The van der Waals surface area contributed by atoms with Crippen LogP contribution < -0.4 is 10.5 Å². The number of hydrogen-bond acceptors (Lipinski definition) is 2. The Hall–Kier alpha value is -1.32. The third-order valence-electron chi connectivity index (χ3n) is 3.36. The van der Waals surface area contributed by atoms with Crippen LogP contribution in [0.2, 0.25) is 0 Å². The van der Waals surface area contributed by atoms with Crippen LogP contribution in [0, 0.1) is 0 Å². The van der Waals surface area contributed by atoms with Crippen LogP contribution in [0.15, 0.2) is 53.0 Å². The molecule has 0 radical (unpaired) electrons. The van der Waals surface area contributed by atoms with Crippen LogP contribution in [-0.4, -0.2) is 13.2 Å². The molecule has 0 fully saturated rings. The van der Waals surface area contributed by atoms with Crippen molar-refractivity contribution >= 4 is 15.9 Å². The van der Waals surface area contributed by atoms with E-state index in [9.17, 15) is 0 Å². The maximum absolute atomic E-state index is 5.96. The van der Waals surface area contributed by atoms with Crippen molar-refractivity contribution in [1.82, 2.24) is 0 Å². The van der Waals surface area contributed by atoms with Gasteiger partial charge in [0, 0.05) is 10.4 Å².